The molecule has 1 unspecified atom stereocenters. The van der Waals surface area contributed by atoms with Gasteiger partial charge in [0.1, 0.15) is 5.82 Å². The van der Waals surface area contributed by atoms with E-state index in [4.69, 9.17) is 17.3 Å². The van der Waals surface area contributed by atoms with Gasteiger partial charge in [-0.2, -0.15) is 0 Å². The molecule has 3 aromatic carbocycles. The fourth-order valence-corrected chi connectivity index (χ4v) is 3.11. The Morgan fingerprint density at radius 1 is 0.905 bits per heavy atom. The van der Waals surface area contributed by atoms with Crippen LogP contribution in [0.2, 0.25) is 5.02 Å². The van der Waals surface area contributed by atoms with Crippen molar-refractivity contribution in [1.29, 1.82) is 0 Å². The highest BCUT2D eigenvalue weighted by Crippen LogP contribution is 2.35. The van der Waals surface area contributed by atoms with Gasteiger partial charge in [0.25, 0.3) is 0 Å². The quantitative estimate of drug-likeness (QED) is 0.643. The summed E-state index contributed by atoms with van der Waals surface area (Å²) in [7, 11) is 0. The summed E-state index contributed by atoms with van der Waals surface area (Å²) >= 11 is 9.72. The van der Waals surface area contributed by atoms with Gasteiger partial charge < -0.3 is 5.73 Å². The number of hydrogen-bond donors (Lipinski definition) is 1. The first-order chi connectivity index (χ1) is 10.1. The van der Waals surface area contributed by atoms with E-state index in [0.717, 1.165) is 21.0 Å². The van der Waals surface area contributed by atoms with Crippen LogP contribution in [0.4, 0.5) is 4.39 Å². The number of hydrogen-bond acceptors (Lipinski definition) is 1. The molecule has 106 valence electrons. The molecule has 0 heterocycles. The molecule has 0 aliphatic heterocycles. The fraction of sp³-hybridized carbons (Fsp3) is 0.0588. The van der Waals surface area contributed by atoms with E-state index in [1.54, 1.807) is 12.1 Å². The molecule has 0 radical (unpaired) electrons. The molecule has 0 aliphatic rings. The highest BCUT2D eigenvalue weighted by atomic mass is 79.9. The Labute approximate surface area is 135 Å². The highest BCUT2D eigenvalue weighted by Gasteiger charge is 2.17. The average molecular weight is 365 g/mol. The molecule has 1 atom stereocenters. The molecule has 0 aromatic heterocycles. The van der Waals surface area contributed by atoms with Gasteiger partial charge in [-0.3, -0.25) is 0 Å². The molecular formula is C17H12BrClFN. The van der Waals surface area contributed by atoms with Crippen LogP contribution in [-0.4, -0.2) is 0 Å². The zero-order chi connectivity index (χ0) is 15.0. The van der Waals surface area contributed by atoms with E-state index in [9.17, 15) is 4.39 Å². The van der Waals surface area contributed by atoms with Gasteiger partial charge in [0.15, 0.2) is 0 Å². The van der Waals surface area contributed by atoms with Gasteiger partial charge in [-0.15, -0.1) is 0 Å². The molecule has 3 rings (SSSR count). The van der Waals surface area contributed by atoms with Gasteiger partial charge in [0, 0.05) is 9.86 Å². The first-order valence-corrected chi connectivity index (χ1v) is 7.63. The first kappa shape index (κ1) is 14.5. The Balaban J connectivity index is 2.21. The highest BCUT2D eigenvalue weighted by molar-refractivity contribution is 9.10. The van der Waals surface area contributed by atoms with Crippen LogP contribution in [-0.2, 0) is 0 Å². The summed E-state index contributed by atoms with van der Waals surface area (Å²) in [4.78, 5) is 0. The largest absolute Gasteiger partial charge is 0.320 e. The Morgan fingerprint density at radius 2 is 1.62 bits per heavy atom. The van der Waals surface area contributed by atoms with E-state index in [0.29, 0.717) is 10.4 Å². The van der Waals surface area contributed by atoms with E-state index in [-0.39, 0.29) is 5.82 Å². The second kappa shape index (κ2) is 5.76. The third kappa shape index (κ3) is 2.57. The van der Waals surface area contributed by atoms with Crippen molar-refractivity contribution in [1.82, 2.24) is 0 Å². The van der Waals surface area contributed by atoms with Crippen molar-refractivity contribution in [3.05, 3.63) is 81.0 Å². The summed E-state index contributed by atoms with van der Waals surface area (Å²) in [6, 6.07) is 15.7. The second-order valence-electron chi connectivity index (χ2n) is 4.80. The van der Waals surface area contributed by atoms with Crippen LogP contribution in [0.1, 0.15) is 17.2 Å². The van der Waals surface area contributed by atoms with Crippen LogP contribution >= 0.6 is 27.5 Å². The SMILES string of the molecule is NC(c1cccc(Br)c1Cl)c1ccc(F)c2ccccc12. The molecular weight excluding hydrogens is 353 g/mol. The van der Waals surface area contributed by atoms with Crippen molar-refractivity contribution in [2.45, 2.75) is 6.04 Å². The molecule has 0 amide bonds. The third-order valence-corrected chi connectivity index (χ3v) is 4.87. The summed E-state index contributed by atoms with van der Waals surface area (Å²) in [6.07, 6.45) is 0. The number of fused-ring (bicyclic) bond motifs is 1. The van der Waals surface area contributed by atoms with Gasteiger partial charge in [-0.1, -0.05) is 54.1 Å². The van der Waals surface area contributed by atoms with Crippen LogP contribution in [0.25, 0.3) is 10.8 Å². The molecule has 0 spiro atoms. The van der Waals surface area contributed by atoms with E-state index < -0.39 is 6.04 Å². The maximum absolute atomic E-state index is 13.9. The summed E-state index contributed by atoms with van der Waals surface area (Å²) in [6.45, 7) is 0. The lowest BCUT2D eigenvalue weighted by atomic mass is 9.94. The molecule has 0 aliphatic carbocycles. The minimum atomic E-state index is -0.416. The van der Waals surface area contributed by atoms with Crippen LogP contribution < -0.4 is 5.73 Å². The number of halogens is 3. The lowest BCUT2D eigenvalue weighted by Gasteiger charge is -2.17. The second-order valence-corrected chi connectivity index (χ2v) is 6.04. The first-order valence-electron chi connectivity index (χ1n) is 6.46. The minimum Gasteiger partial charge on any atom is -0.320 e. The number of benzene rings is 3. The average Bonchev–Trinajstić information content (AvgIpc) is 2.50. The molecule has 4 heteroatoms. The summed E-state index contributed by atoms with van der Waals surface area (Å²) < 4.78 is 14.7. The maximum atomic E-state index is 13.9. The molecule has 0 saturated heterocycles. The van der Waals surface area contributed by atoms with Crippen molar-refractivity contribution in [3.63, 3.8) is 0 Å². The Kier molecular flexibility index (Phi) is 3.98. The fourth-order valence-electron chi connectivity index (χ4n) is 2.49. The van der Waals surface area contributed by atoms with Crippen molar-refractivity contribution >= 4 is 38.3 Å². The van der Waals surface area contributed by atoms with Gasteiger partial charge in [0.05, 0.1) is 11.1 Å². The monoisotopic (exact) mass is 363 g/mol. The zero-order valence-corrected chi connectivity index (χ0v) is 13.3. The molecule has 21 heavy (non-hydrogen) atoms. The van der Waals surface area contributed by atoms with Gasteiger partial charge in [-0.05, 0) is 44.6 Å². The topological polar surface area (TPSA) is 26.0 Å². The van der Waals surface area contributed by atoms with Gasteiger partial charge in [0.2, 0.25) is 0 Å². The van der Waals surface area contributed by atoms with E-state index in [2.05, 4.69) is 15.9 Å². The molecule has 0 saturated carbocycles. The van der Waals surface area contributed by atoms with Crippen molar-refractivity contribution < 1.29 is 4.39 Å². The zero-order valence-electron chi connectivity index (χ0n) is 11.0. The Morgan fingerprint density at radius 3 is 2.38 bits per heavy atom. The predicted octanol–water partition coefficient (Wildman–Crippen LogP) is 5.44. The van der Waals surface area contributed by atoms with Gasteiger partial charge >= 0.3 is 0 Å². The van der Waals surface area contributed by atoms with Crippen LogP contribution in [0, 0.1) is 5.82 Å². The third-order valence-electron chi connectivity index (χ3n) is 3.56. The minimum absolute atomic E-state index is 0.248. The molecule has 3 aromatic rings. The Hall–Kier alpha value is -1.42. The lowest BCUT2D eigenvalue weighted by Crippen LogP contribution is -2.13. The van der Waals surface area contributed by atoms with Crippen molar-refractivity contribution in [2.24, 2.45) is 5.73 Å². The van der Waals surface area contributed by atoms with Crippen molar-refractivity contribution in [2.75, 3.05) is 0 Å². The molecule has 0 fully saturated rings. The molecule has 1 nitrogen and oxygen atoms in total. The maximum Gasteiger partial charge on any atom is 0.131 e. The normalized spacial score (nSPS) is 12.6. The summed E-state index contributed by atoms with van der Waals surface area (Å²) in [5, 5.41) is 1.95. The van der Waals surface area contributed by atoms with Gasteiger partial charge in [-0.25, -0.2) is 4.39 Å². The number of rotatable bonds is 2. The van der Waals surface area contributed by atoms with Crippen LogP contribution in [0.5, 0.6) is 0 Å². The van der Waals surface area contributed by atoms with E-state index in [1.165, 1.54) is 6.07 Å². The Bertz CT molecular complexity index is 819. The number of nitrogens with two attached hydrogens (primary N) is 1. The summed E-state index contributed by atoms with van der Waals surface area (Å²) in [5.41, 5.74) is 8.04. The summed E-state index contributed by atoms with van der Waals surface area (Å²) in [5.74, 6) is -0.248. The van der Waals surface area contributed by atoms with E-state index >= 15 is 0 Å². The molecule has 0 bridgehead atoms. The standard InChI is InChI=1S/C17H12BrClFN/c18-14-7-3-6-13(16(14)19)17(21)12-8-9-15(20)11-5-2-1-4-10(11)12/h1-9,17H,21H2. The lowest BCUT2D eigenvalue weighted by molar-refractivity contribution is 0.639. The van der Waals surface area contributed by atoms with E-state index in [1.807, 2.05) is 36.4 Å². The molecule has 2 N–H and O–H groups in total. The van der Waals surface area contributed by atoms with Crippen molar-refractivity contribution in [3.8, 4) is 0 Å². The van der Waals surface area contributed by atoms with Crippen LogP contribution in [0.3, 0.4) is 0 Å². The predicted molar refractivity (Wildman–Crippen MR) is 89.1 cm³/mol. The van der Waals surface area contributed by atoms with Crippen LogP contribution in [0.15, 0.2) is 59.1 Å². The smallest absolute Gasteiger partial charge is 0.131 e.